The first-order valence-corrected chi connectivity index (χ1v) is 7.00. The van der Waals surface area contributed by atoms with Gasteiger partial charge in [-0.3, -0.25) is 0 Å². The smallest absolute Gasteiger partial charge is 0.105 e. The first kappa shape index (κ1) is 12.0. The second-order valence-corrected chi connectivity index (χ2v) is 5.08. The predicted molar refractivity (Wildman–Crippen MR) is 66.9 cm³/mol. The molecular weight excluding hydrogens is 222 g/mol. The Morgan fingerprint density at radius 1 is 1.62 bits per heavy atom. The summed E-state index contributed by atoms with van der Waals surface area (Å²) in [6.07, 6.45) is 2.95. The van der Waals surface area contributed by atoms with Gasteiger partial charge in [0, 0.05) is 24.0 Å². The van der Waals surface area contributed by atoms with Crippen molar-refractivity contribution in [1.29, 1.82) is 0 Å². The third-order valence-electron chi connectivity index (χ3n) is 2.76. The highest BCUT2D eigenvalue weighted by atomic mass is 32.2. The van der Waals surface area contributed by atoms with Crippen LogP contribution in [0.5, 0.6) is 0 Å². The van der Waals surface area contributed by atoms with Gasteiger partial charge in [-0.05, 0) is 18.7 Å². The van der Waals surface area contributed by atoms with E-state index in [1.54, 1.807) is 6.26 Å². The number of thioether (sulfide) groups is 1. The van der Waals surface area contributed by atoms with Crippen molar-refractivity contribution in [1.82, 2.24) is 5.32 Å². The quantitative estimate of drug-likeness (QED) is 0.854. The zero-order chi connectivity index (χ0) is 11.2. The van der Waals surface area contributed by atoms with Crippen LogP contribution in [0.15, 0.2) is 22.8 Å². The Balaban J connectivity index is 1.92. The van der Waals surface area contributed by atoms with E-state index in [-0.39, 0.29) is 0 Å². The van der Waals surface area contributed by atoms with Crippen LogP contribution in [0.4, 0.5) is 0 Å². The second-order valence-electron chi connectivity index (χ2n) is 3.93. The maximum Gasteiger partial charge on any atom is 0.105 e. The molecule has 1 saturated heterocycles. The molecule has 0 bridgehead atoms. The first-order chi connectivity index (χ1) is 7.90. The van der Waals surface area contributed by atoms with Crippen LogP contribution in [0.2, 0.25) is 0 Å². The fraction of sp³-hybridized carbons (Fsp3) is 0.667. The zero-order valence-electron chi connectivity index (χ0n) is 9.65. The number of likely N-dealkylation sites (N-methyl/N-ethyl adjacent to an activating group) is 1. The molecule has 90 valence electrons. The Morgan fingerprint density at radius 2 is 2.56 bits per heavy atom. The van der Waals surface area contributed by atoms with Crippen molar-refractivity contribution in [2.45, 2.75) is 25.5 Å². The number of ether oxygens (including phenoxy) is 1. The van der Waals surface area contributed by atoms with E-state index in [0.717, 1.165) is 36.8 Å². The van der Waals surface area contributed by atoms with Crippen LogP contribution in [0.25, 0.3) is 0 Å². The molecule has 1 fully saturated rings. The van der Waals surface area contributed by atoms with Gasteiger partial charge in [-0.2, -0.15) is 11.8 Å². The minimum Gasteiger partial charge on any atom is -0.469 e. The average molecular weight is 241 g/mol. The molecule has 1 aromatic heterocycles. The monoisotopic (exact) mass is 241 g/mol. The molecular formula is C12H19NO2S. The fourth-order valence-corrected chi connectivity index (χ4v) is 2.92. The summed E-state index contributed by atoms with van der Waals surface area (Å²) >= 11 is 1.97. The van der Waals surface area contributed by atoms with Gasteiger partial charge >= 0.3 is 0 Å². The summed E-state index contributed by atoms with van der Waals surface area (Å²) < 4.78 is 11.2. The summed E-state index contributed by atoms with van der Waals surface area (Å²) in [7, 11) is 0. The molecule has 2 rings (SSSR count). The third kappa shape index (κ3) is 3.27. The Bertz CT molecular complexity index is 283. The number of furan rings is 1. The maximum atomic E-state index is 5.82. The van der Waals surface area contributed by atoms with E-state index in [4.69, 9.17) is 9.15 Å². The fourth-order valence-electron chi connectivity index (χ4n) is 1.98. The van der Waals surface area contributed by atoms with Crippen LogP contribution in [0, 0.1) is 0 Å². The van der Waals surface area contributed by atoms with Crippen LogP contribution in [0.3, 0.4) is 0 Å². The van der Waals surface area contributed by atoms with Gasteiger partial charge in [-0.1, -0.05) is 6.92 Å². The lowest BCUT2D eigenvalue weighted by atomic mass is 10.1. The van der Waals surface area contributed by atoms with Crippen molar-refractivity contribution in [2.75, 3.05) is 24.7 Å². The second kappa shape index (κ2) is 6.33. The molecule has 0 saturated carbocycles. The van der Waals surface area contributed by atoms with Gasteiger partial charge in [0.1, 0.15) is 5.76 Å². The standard InChI is InChI=1S/C12H19NO2S/c1-2-13-11(8-10-4-3-5-14-10)12-9-16-7-6-15-12/h3-5,11-13H,2,6-9H2,1H3. The molecule has 0 aromatic carbocycles. The van der Waals surface area contributed by atoms with Gasteiger partial charge in [0.2, 0.25) is 0 Å². The summed E-state index contributed by atoms with van der Waals surface area (Å²) in [6.45, 7) is 3.97. The van der Waals surface area contributed by atoms with Crippen LogP contribution >= 0.6 is 11.8 Å². The van der Waals surface area contributed by atoms with Crippen LogP contribution in [-0.4, -0.2) is 36.8 Å². The van der Waals surface area contributed by atoms with E-state index in [1.165, 1.54) is 0 Å². The van der Waals surface area contributed by atoms with Crippen molar-refractivity contribution in [3.63, 3.8) is 0 Å². The van der Waals surface area contributed by atoms with Crippen molar-refractivity contribution in [3.8, 4) is 0 Å². The predicted octanol–water partition coefficient (Wildman–Crippen LogP) is 1.93. The van der Waals surface area contributed by atoms with E-state index < -0.39 is 0 Å². The Morgan fingerprint density at radius 3 is 3.19 bits per heavy atom. The Labute approximate surface area is 101 Å². The molecule has 0 aliphatic carbocycles. The van der Waals surface area contributed by atoms with Gasteiger partial charge in [0.25, 0.3) is 0 Å². The lowest BCUT2D eigenvalue weighted by molar-refractivity contribution is 0.0463. The summed E-state index contributed by atoms with van der Waals surface area (Å²) in [5.41, 5.74) is 0. The number of nitrogens with one attached hydrogen (secondary N) is 1. The number of rotatable bonds is 5. The van der Waals surface area contributed by atoms with Crippen LogP contribution in [0.1, 0.15) is 12.7 Å². The maximum absolute atomic E-state index is 5.82. The van der Waals surface area contributed by atoms with Crippen LogP contribution < -0.4 is 5.32 Å². The minimum atomic E-state index is 0.309. The number of hydrogen-bond acceptors (Lipinski definition) is 4. The van der Waals surface area contributed by atoms with Crippen LogP contribution in [-0.2, 0) is 11.2 Å². The normalized spacial score (nSPS) is 23.2. The van der Waals surface area contributed by atoms with Crippen molar-refractivity contribution < 1.29 is 9.15 Å². The molecule has 1 aliphatic heterocycles. The van der Waals surface area contributed by atoms with E-state index in [2.05, 4.69) is 12.2 Å². The lowest BCUT2D eigenvalue weighted by Gasteiger charge is -2.30. The molecule has 2 heterocycles. The van der Waals surface area contributed by atoms with E-state index in [0.29, 0.717) is 12.1 Å². The van der Waals surface area contributed by atoms with Crippen molar-refractivity contribution in [2.24, 2.45) is 0 Å². The molecule has 0 spiro atoms. The van der Waals surface area contributed by atoms with Gasteiger partial charge in [0.05, 0.1) is 19.0 Å². The molecule has 2 atom stereocenters. The zero-order valence-corrected chi connectivity index (χ0v) is 10.5. The van der Waals surface area contributed by atoms with Gasteiger partial charge in [-0.25, -0.2) is 0 Å². The lowest BCUT2D eigenvalue weighted by Crippen LogP contribution is -2.46. The minimum absolute atomic E-state index is 0.309. The van der Waals surface area contributed by atoms with Gasteiger partial charge in [-0.15, -0.1) is 0 Å². The molecule has 0 radical (unpaired) electrons. The van der Waals surface area contributed by atoms with E-state index in [9.17, 15) is 0 Å². The van der Waals surface area contributed by atoms with E-state index in [1.807, 2.05) is 23.9 Å². The van der Waals surface area contributed by atoms with E-state index >= 15 is 0 Å². The van der Waals surface area contributed by atoms with Gasteiger partial charge < -0.3 is 14.5 Å². The summed E-state index contributed by atoms with van der Waals surface area (Å²) in [6, 6.07) is 4.33. The molecule has 1 aromatic rings. The largest absolute Gasteiger partial charge is 0.469 e. The summed E-state index contributed by atoms with van der Waals surface area (Å²) in [4.78, 5) is 0. The molecule has 0 amide bonds. The highest BCUT2D eigenvalue weighted by Gasteiger charge is 2.25. The SMILES string of the molecule is CCNC(Cc1ccco1)C1CSCCO1. The molecule has 4 heteroatoms. The molecule has 2 unspecified atom stereocenters. The van der Waals surface area contributed by atoms with Crippen molar-refractivity contribution >= 4 is 11.8 Å². The molecule has 1 aliphatic rings. The average Bonchev–Trinajstić information content (AvgIpc) is 2.83. The Hall–Kier alpha value is -0.450. The molecule has 1 N–H and O–H groups in total. The molecule has 3 nitrogen and oxygen atoms in total. The highest BCUT2D eigenvalue weighted by molar-refractivity contribution is 7.99. The Kier molecular flexibility index (Phi) is 4.75. The summed E-state index contributed by atoms with van der Waals surface area (Å²) in [5, 5.41) is 3.49. The topological polar surface area (TPSA) is 34.4 Å². The van der Waals surface area contributed by atoms with Crippen molar-refractivity contribution in [3.05, 3.63) is 24.2 Å². The highest BCUT2D eigenvalue weighted by Crippen LogP contribution is 2.18. The first-order valence-electron chi connectivity index (χ1n) is 5.85. The summed E-state index contributed by atoms with van der Waals surface area (Å²) in [5.74, 6) is 3.24. The number of hydrogen-bond donors (Lipinski definition) is 1. The third-order valence-corrected chi connectivity index (χ3v) is 3.78. The van der Waals surface area contributed by atoms with Gasteiger partial charge in [0.15, 0.2) is 0 Å². The molecule has 16 heavy (non-hydrogen) atoms.